The maximum atomic E-state index is 11.6. The first kappa shape index (κ1) is 12.0. The van der Waals surface area contributed by atoms with Crippen molar-refractivity contribution in [2.75, 3.05) is 0 Å². The lowest BCUT2D eigenvalue weighted by molar-refractivity contribution is -0.117. The maximum absolute atomic E-state index is 11.6. The molecule has 1 rings (SSSR count). The highest BCUT2D eigenvalue weighted by Gasteiger charge is 2.18. The van der Waals surface area contributed by atoms with E-state index in [1.54, 1.807) is 50.2 Å². The van der Waals surface area contributed by atoms with Gasteiger partial charge in [0.05, 0.1) is 0 Å². The van der Waals surface area contributed by atoms with Crippen LogP contribution in [-0.4, -0.2) is 10.9 Å². The zero-order valence-corrected chi connectivity index (χ0v) is 9.27. The number of Topliss-reactive ketones (excluding diaryl/α,β-unsaturated/α-hetero) is 1. The van der Waals surface area contributed by atoms with E-state index in [1.807, 2.05) is 0 Å². The van der Waals surface area contributed by atoms with Crippen molar-refractivity contribution in [3.63, 3.8) is 0 Å². The molecule has 3 heteroatoms. The number of aliphatic hydroxyl groups excluding tert-OH is 1. The zero-order chi connectivity index (χ0) is 12.1. The van der Waals surface area contributed by atoms with Crippen LogP contribution in [0.25, 0.3) is 5.76 Å². The predicted molar refractivity (Wildman–Crippen MR) is 61.4 cm³/mol. The number of aliphatic hydroxyl groups is 1. The number of carbonyl (C=O) groups is 1. The molecule has 0 heterocycles. The largest absolute Gasteiger partial charge is 0.506 e. The number of benzene rings is 1. The summed E-state index contributed by atoms with van der Waals surface area (Å²) in [7, 11) is 0. The fourth-order valence-electron chi connectivity index (χ4n) is 1.25. The molecule has 0 aromatic heterocycles. The average molecular weight is 215 g/mol. The highest BCUT2D eigenvalue weighted by atomic mass is 16.3. The molecule has 0 aliphatic rings. The van der Waals surface area contributed by atoms with Gasteiger partial charge in [0.2, 0.25) is 0 Å². The van der Waals surface area contributed by atoms with Crippen LogP contribution in [0.1, 0.15) is 19.4 Å². The van der Waals surface area contributed by atoms with E-state index >= 15 is 0 Å². The van der Waals surface area contributed by atoms with Crippen molar-refractivity contribution < 1.29 is 9.90 Å². The molecule has 1 aromatic carbocycles. The summed E-state index contributed by atoms with van der Waals surface area (Å²) in [6.07, 6.45) is 0. The fraction of sp³-hybridized carbons (Fsp3) is 0.231. The van der Waals surface area contributed by atoms with E-state index in [0.717, 1.165) is 0 Å². The molecule has 1 aromatic rings. The van der Waals surface area contributed by atoms with Gasteiger partial charge in [0.1, 0.15) is 17.4 Å². The van der Waals surface area contributed by atoms with Crippen LogP contribution in [0.5, 0.6) is 0 Å². The Balaban J connectivity index is 3.22. The van der Waals surface area contributed by atoms with Crippen molar-refractivity contribution in [2.24, 2.45) is 5.92 Å². The smallest absolute Gasteiger partial charge is 0.179 e. The van der Waals surface area contributed by atoms with E-state index in [9.17, 15) is 9.90 Å². The van der Waals surface area contributed by atoms with Gasteiger partial charge in [0.15, 0.2) is 5.78 Å². The molecule has 0 saturated carbocycles. The zero-order valence-electron chi connectivity index (χ0n) is 9.27. The van der Waals surface area contributed by atoms with E-state index in [0.29, 0.717) is 5.56 Å². The standard InChI is InChI=1S/C13H13NO2/c1-9(2)12(15)11(8-14)13(16)10-6-4-3-5-7-10/h3-7,9,16H,1-2H3. The third-order valence-corrected chi connectivity index (χ3v) is 2.17. The van der Waals surface area contributed by atoms with Crippen LogP contribution in [0.15, 0.2) is 35.9 Å². The summed E-state index contributed by atoms with van der Waals surface area (Å²) in [5, 5.41) is 18.7. The molecule has 0 saturated heterocycles. The summed E-state index contributed by atoms with van der Waals surface area (Å²) < 4.78 is 0. The first-order chi connectivity index (χ1) is 7.57. The molecule has 0 aliphatic heterocycles. The Morgan fingerprint density at radius 3 is 2.31 bits per heavy atom. The van der Waals surface area contributed by atoms with Crippen LogP contribution in [0.4, 0.5) is 0 Å². The van der Waals surface area contributed by atoms with Crippen molar-refractivity contribution >= 4 is 11.5 Å². The van der Waals surface area contributed by atoms with Crippen LogP contribution in [0.3, 0.4) is 0 Å². The third-order valence-electron chi connectivity index (χ3n) is 2.17. The van der Waals surface area contributed by atoms with Crippen LogP contribution < -0.4 is 0 Å². The summed E-state index contributed by atoms with van der Waals surface area (Å²) in [5.41, 5.74) is 0.300. The molecule has 16 heavy (non-hydrogen) atoms. The summed E-state index contributed by atoms with van der Waals surface area (Å²) >= 11 is 0. The van der Waals surface area contributed by atoms with Gasteiger partial charge in [-0.25, -0.2) is 0 Å². The van der Waals surface area contributed by atoms with Crippen LogP contribution in [0.2, 0.25) is 0 Å². The molecule has 0 spiro atoms. The van der Waals surface area contributed by atoms with Gasteiger partial charge in [-0.2, -0.15) is 5.26 Å². The van der Waals surface area contributed by atoms with Crippen LogP contribution >= 0.6 is 0 Å². The van der Waals surface area contributed by atoms with E-state index in [1.165, 1.54) is 0 Å². The number of rotatable bonds is 3. The Labute approximate surface area is 94.6 Å². The van der Waals surface area contributed by atoms with Crippen LogP contribution in [-0.2, 0) is 4.79 Å². The van der Waals surface area contributed by atoms with Crippen molar-refractivity contribution in [1.82, 2.24) is 0 Å². The Kier molecular flexibility index (Phi) is 3.84. The SMILES string of the molecule is CC(C)C(=O)C(C#N)=C(O)c1ccccc1. The molecular formula is C13H13NO2. The lowest BCUT2D eigenvalue weighted by Gasteiger charge is -2.05. The van der Waals surface area contributed by atoms with Gasteiger partial charge >= 0.3 is 0 Å². The van der Waals surface area contributed by atoms with Gasteiger partial charge in [-0.05, 0) is 0 Å². The predicted octanol–water partition coefficient (Wildman–Crippen LogP) is 2.70. The Morgan fingerprint density at radius 1 is 1.31 bits per heavy atom. The first-order valence-electron chi connectivity index (χ1n) is 5.01. The molecule has 0 unspecified atom stereocenters. The third kappa shape index (κ3) is 2.48. The highest BCUT2D eigenvalue weighted by molar-refractivity contribution is 6.05. The van der Waals surface area contributed by atoms with Gasteiger partial charge in [-0.15, -0.1) is 0 Å². The molecule has 0 bridgehead atoms. The van der Waals surface area contributed by atoms with Crippen molar-refractivity contribution in [3.8, 4) is 6.07 Å². The minimum atomic E-state index is -0.344. The summed E-state index contributed by atoms with van der Waals surface area (Å²) in [5.74, 6) is -0.897. The molecule has 82 valence electrons. The van der Waals surface area contributed by atoms with Crippen LogP contribution in [0, 0.1) is 17.2 Å². The van der Waals surface area contributed by atoms with Gasteiger partial charge in [0.25, 0.3) is 0 Å². The van der Waals surface area contributed by atoms with Gasteiger partial charge in [-0.3, -0.25) is 4.79 Å². The second-order valence-corrected chi connectivity index (χ2v) is 3.72. The highest BCUT2D eigenvalue weighted by Crippen LogP contribution is 2.18. The Morgan fingerprint density at radius 2 is 1.88 bits per heavy atom. The second-order valence-electron chi connectivity index (χ2n) is 3.72. The molecule has 0 amide bonds. The lowest BCUT2D eigenvalue weighted by atomic mass is 9.98. The summed E-state index contributed by atoms with van der Waals surface area (Å²) in [6.45, 7) is 3.38. The van der Waals surface area contributed by atoms with E-state index in [-0.39, 0.29) is 23.0 Å². The van der Waals surface area contributed by atoms with E-state index < -0.39 is 0 Å². The van der Waals surface area contributed by atoms with Crippen molar-refractivity contribution in [1.29, 1.82) is 5.26 Å². The first-order valence-corrected chi connectivity index (χ1v) is 5.01. The minimum absolute atomic E-state index is 0.179. The summed E-state index contributed by atoms with van der Waals surface area (Å²) in [4.78, 5) is 11.6. The van der Waals surface area contributed by atoms with E-state index in [2.05, 4.69) is 0 Å². The molecule has 1 N–H and O–H groups in total. The second kappa shape index (κ2) is 5.13. The van der Waals surface area contributed by atoms with Gasteiger partial charge < -0.3 is 5.11 Å². The average Bonchev–Trinajstić information content (AvgIpc) is 2.30. The number of hydrogen-bond donors (Lipinski definition) is 1. The molecule has 3 nitrogen and oxygen atoms in total. The van der Waals surface area contributed by atoms with E-state index in [4.69, 9.17) is 5.26 Å². The number of nitriles is 1. The summed E-state index contributed by atoms with van der Waals surface area (Å²) in [6, 6.07) is 10.3. The number of carbonyl (C=O) groups excluding carboxylic acids is 1. The molecular weight excluding hydrogens is 202 g/mol. The number of nitrogens with zero attached hydrogens (tertiary/aromatic N) is 1. The maximum Gasteiger partial charge on any atom is 0.179 e. The monoisotopic (exact) mass is 215 g/mol. The van der Waals surface area contributed by atoms with Gasteiger partial charge in [-0.1, -0.05) is 44.2 Å². The van der Waals surface area contributed by atoms with Gasteiger partial charge in [0, 0.05) is 11.5 Å². The molecule has 0 radical (unpaired) electrons. The number of hydrogen-bond acceptors (Lipinski definition) is 3. The van der Waals surface area contributed by atoms with Crippen molar-refractivity contribution in [2.45, 2.75) is 13.8 Å². The topological polar surface area (TPSA) is 61.1 Å². The molecule has 0 aliphatic carbocycles. The number of allylic oxidation sites excluding steroid dienone is 1. The minimum Gasteiger partial charge on any atom is -0.506 e. The molecule has 0 atom stereocenters. The Hall–Kier alpha value is -2.08. The normalized spacial score (nSPS) is 11.9. The lowest BCUT2D eigenvalue weighted by Crippen LogP contribution is -2.11. The van der Waals surface area contributed by atoms with Crippen molar-refractivity contribution in [3.05, 3.63) is 41.5 Å². The quantitative estimate of drug-likeness (QED) is 0.479. The number of ketones is 1. The fourth-order valence-corrected chi connectivity index (χ4v) is 1.25. The Bertz CT molecular complexity index is 453. The molecule has 0 fully saturated rings.